The molecule has 0 aromatic heterocycles. The Morgan fingerprint density at radius 1 is 1.15 bits per heavy atom. The largest absolute Gasteiger partial charge is 0.389 e. The molecule has 0 aromatic carbocycles. The second-order valence-electron chi connectivity index (χ2n) is 7.24. The Labute approximate surface area is 124 Å². The second kappa shape index (κ2) is 7.77. The second-order valence-corrected chi connectivity index (χ2v) is 7.24. The smallest absolute Gasteiger partial charge is 0.0743 e. The van der Waals surface area contributed by atoms with Gasteiger partial charge in [0.1, 0.15) is 0 Å². The summed E-state index contributed by atoms with van der Waals surface area (Å²) in [6.45, 7) is 6.06. The average Bonchev–Trinajstić information content (AvgIpc) is 2.46. The fourth-order valence-corrected chi connectivity index (χ4v) is 4.12. The maximum atomic E-state index is 10.4. The summed E-state index contributed by atoms with van der Waals surface area (Å²) in [6, 6.07) is 1.31. The molecule has 0 spiro atoms. The molecule has 0 radical (unpaired) electrons. The van der Waals surface area contributed by atoms with Gasteiger partial charge in [-0.05, 0) is 51.5 Å². The summed E-state index contributed by atoms with van der Waals surface area (Å²) in [5, 5.41) is 17.8. The highest BCUT2D eigenvalue weighted by Crippen LogP contribution is 2.30. The summed E-state index contributed by atoms with van der Waals surface area (Å²) in [7, 11) is 0. The van der Waals surface area contributed by atoms with Gasteiger partial charge in [0.2, 0.25) is 0 Å². The van der Waals surface area contributed by atoms with Crippen LogP contribution in [0.25, 0.3) is 0 Å². The highest BCUT2D eigenvalue weighted by molar-refractivity contribution is 4.91. The average molecular weight is 282 g/mol. The van der Waals surface area contributed by atoms with Crippen molar-refractivity contribution in [1.82, 2.24) is 10.6 Å². The summed E-state index contributed by atoms with van der Waals surface area (Å²) in [4.78, 5) is 0. The van der Waals surface area contributed by atoms with Gasteiger partial charge >= 0.3 is 0 Å². The van der Waals surface area contributed by atoms with Gasteiger partial charge in [0, 0.05) is 18.6 Å². The van der Waals surface area contributed by atoms with Crippen LogP contribution in [-0.4, -0.2) is 35.9 Å². The van der Waals surface area contributed by atoms with Gasteiger partial charge in [-0.15, -0.1) is 0 Å². The molecular weight excluding hydrogens is 248 g/mol. The standard InChI is InChI=1S/C17H34N2O/c1-3-11-17(2,20)13-19-16-9-5-4-8-14(16)15-10-6-7-12-18-15/h14-16,18-20H,3-13H2,1-2H3. The third kappa shape index (κ3) is 4.71. The monoisotopic (exact) mass is 282 g/mol. The molecule has 0 bridgehead atoms. The van der Waals surface area contributed by atoms with Crippen molar-refractivity contribution in [1.29, 1.82) is 0 Å². The van der Waals surface area contributed by atoms with Crippen molar-refractivity contribution < 1.29 is 5.11 Å². The molecule has 4 atom stereocenters. The lowest BCUT2D eigenvalue weighted by Crippen LogP contribution is -2.53. The minimum atomic E-state index is -0.545. The molecule has 3 nitrogen and oxygen atoms in total. The first-order valence-electron chi connectivity index (χ1n) is 8.81. The van der Waals surface area contributed by atoms with Crippen LogP contribution in [0.2, 0.25) is 0 Å². The molecule has 2 aliphatic rings. The van der Waals surface area contributed by atoms with Crippen molar-refractivity contribution in [2.24, 2.45) is 5.92 Å². The van der Waals surface area contributed by atoms with Gasteiger partial charge in [-0.2, -0.15) is 0 Å². The fraction of sp³-hybridized carbons (Fsp3) is 1.00. The zero-order valence-corrected chi connectivity index (χ0v) is 13.5. The van der Waals surface area contributed by atoms with E-state index in [1.54, 1.807) is 0 Å². The lowest BCUT2D eigenvalue weighted by Gasteiger charge is -2.41. The highest BCUT2D eigenvalue weighted by Gasteiger charge is 2.33. The molecule has 2 fully saturated rings. The van der Waals surface area contributed by atoms with Gasteiger partial charge in [0.25, 0.3) is 0 Å². The van der Waals surface area contributed by atoms with E-state index in [0.29, 0.717) is 12.1 Å². The van der Waals surface area contributed by atoms with Crippen LogP contribution in [0, 0.1) is 5.92 Å². The zero-order valence-electron chi connectivity index (χ0n) is 13.5. The van der Waals surface area contributed by atoms with Crippen LogP contribution in [0.15, 0.2) is 0 Å². The topological polar surface area (TPSA) is 44.3 Å². The van der Waals surface area contributed by atoms with E-state index in [2.05, 4.69) is 17.6 Å². The van der Waals surface area contributed by atoms with E-state index in [-0.39, 0.29) is 0 Å². The predicted molar refractivity (Wildman–Crippen MR) is 84.9 cm³/mol. The normalized spacial score (nSPS) is 34.6. The molecular formula is C17H34N2O. The van der Waals surface area contributed by atoms with Gasteiger partial charge < -0.3 is 15.7 Å². The lowest BCUT2D eigenvalue weighted by molar-refractivity contribution is 0.0403. The molecule has 0 amide bonds. The number of nitrogens with one attached hydrogen (secondary N) is 2. The van der Waals surface area contributed by atoms with Crippen molar-refractivity contribution in [2.75, 3.05) is 13.1 Å². The molecule has 3 heteroatoms. The zero-order chi connectivity index (χ0) is 14.4. The first kappa shape index (κ1) is 16.3. The first-order valence-corrected chi connectivity index (χ1v) is 8.81. The van der Waals surface area contributed by atoms with Crippen molar-refractivity contribution in [3.63, 3.8) is 0 Å². The summed E-state index contributed by atoms with van der Waals surface area (Å²) in [5.41, 5.74) is -0.545. The van der Waals surface area contributed by atoms with Crippen LogP contribution in [0.3, 0.4) is 0 Å². The van der Waals surface area contributed by atoms with E-state index in [0.717, 1.165) is 25.3 Å². The minimum Gasteiger partial charge on any atom is -0.389 e. The predicted octanol–water partition coefficient (Wildman–Crippen LogP) is 2.83. The summed E-state index contributed by atoms with van der Waals surface area (Å²) in [6.07, 6.45) is 11.4. The Hall–Kier alpha value is -0.120. The molecule has 118 valence electrons. The van der Waals surface area contributed by atoms with Crippen molar-refractivity contribution in [2.45, 2.75) is 89.3 Å². The van der Waals surface area contributed by atoms with E-state index in [4.69, 9.17) is 0 Å². The molecule has 1 saturated carbocycles. The molecule has 1 aliphatic heterocycles. The van der Waals surface area contributed by atoms with E-state index >= 15 is 0 Å². The van der Waals surface area contributed by atoms with Gasteiger partial charge in [-0.1, -0.05) is 32.6 Å². The summed E-state index contributed by atoms with van der Waals surface area (Å²) < 4.78 is 0. The minimum absolute atomic E-state index is 0.545. The Kier molecular flexibility index (Phi) is 6.31. The molecule has 1 heterocycles. The third-order valence-corrected chi connectivity index (χ3v) is 5.22. The quantitative estimate of drug-likeness (QED) is 0.702. The van der Waals surface area contributed by atoms with Gasteiger partial charge in [0.05, 0.1) is 5.60 Å². The molecule has 4 unspecified atom stereocenters. The molecule has 2 rings (SSSR count). The van der Waals surface area contributed by atoms with E-state index in [9.17, 15) is 5.11 Å². The Balaban J connectivity index is 1.86. The van der Waals surface area contributed by atoms with E-state index in [1.165, 1.54) is 51.5 Å². The third-order valence-electron chi connectivity index (χ3n) is 5.22. The number of rotatable bonds is 6. The maximum absolute atomic E-state index is 10.4. The number of piperidine rings is 1. The Morgan fingerprint density at radius 3 is 2.60 bits per heavy atom. The Morgan fingerprint density at radius 2 is 1.90 bits per heavy atom. The van der Waals surface area contributed by atoms with Crippen molar-refractivity contribution in [3.8, 4) is 0 Å². The molecule has 1 saturated heterocycles. The molecule has 0 aromatic rings. The van der Waals surface area contributed by atoms with E-state index < -0.39 is 5.60 Å². The fourth-order valence-electron chi connectivity index (χ4n) is 4.12. The van der Waals surface area contributed by atoms with Crippen LogP contribution >= 0.6 is 0 Å². The molecule has 3 N–H and O–H groups in total. The van der Waals surface area contributed by atoms with Gasteiger partial charge in [-0.3, -0.25) is 0 Å². The van der Waals surface area contributed by atoms with Crippen LogP contribution in [0.1, 0.15) is 71.6 Å². The maximum Gasteiger partial charge on any atom is 0.0743 e. The SMILES string of the molecule is CCCC(C)(O)CNC1CCCCC1C1CCCCN1. The summed E-state index contributed by atoms with van der Waals surface area (Å²) >= 11 is 0. The van der Waals surface area contributed by atoms with E-state index in [1.807, 2.05) is 6.92 Å². The molecule has 1 aliphatic carbocycles. The highest BCUT2D eigenvalue weighted by atomic mass is 16.3. The molecule has 20 heavy (non-hydrogen) atoms. The van der Waals surface area contributed by atoms with Gasteiger partial charge in [-0.25, -0.2) is 0 Å². The number of hydrogen-bond donors (Lipinski definition) is 3. The lowest BCUT2D eigenvalue weighted by atomic mass is 9.77. The number of aliphatic hydroxyl groups is 1. The van der Waals surface area contributed by atoms with Crippen LogP contribution < -0.4 is 10.6 Å². The van der Waals surface area contributed by atoms with Crippen molar-refractivity contribution in [3.05, 3.63) is 0 Å². The van der Waals surface area contributed by atoms with Crippen LogP contribution in [0.5, 0.6) is 0 Å². The first-order chi connectivity index (χ1) is 9.62. The van der Waals surface area contributed by atoms with Crippen LogP contribution in [0.4, 0.5) is 0 Å². The van der Waals surface area contributed by atoms with Crippen LogP contribution in [-0.2, 0) is 0 Å². The summed E-state index contributed by atoms with van der Waals surface area (Å²) in [5.74, 6) is 0.765. The number of hydrogen-bond acceptors (Lipinski definition) is 3. The van der Waals surface area contributed by atoms with Crippen molar-refractivity contribution >= 4 is 0 Å². The Bertz CT molecular complexity index is 274. The van der Waals surface area contributed by atoms with Gasteiger partial charge in [0.15, 0.2) is 0 Å².